The monoisotopic (exact) mass is 422 g/mol. The van der Waals surface area contributed by atoms with E-state index in [9.17, 15) is 17.6 Å². The molecular weight excluding hydrogens is 403 g/mol. The molecule has 0 radical (unpaired) electrons. The Bertz CT molecular complexity index is 1310. The molecule has 0 unspecified atom stereocenters. The predicted octanol–water partition coefficient (Wildman–Crippen LogP) is 4.39. The fourth-order valence-electron chi connectivity index (χ4n) is 3.38. The van der Waals surface area contributed by atoms with Crippen molar-refractivity contribution in [2.75, 3.05) is 5.32 Å². The summed E-state index contributed by atoms with van der Waals surface area (Å²) in [6, 6.07) is 21.6. The first-order valence-electron chi connectivity index (χ1n) is 9.32. The van der Waals surface area contributed by atoms with Crippen molar-refractivity contribution in [2.45, 2.75) is 17.2 Å². The van der Waals surface area contributed by atoms with Gasteiger partial charge in [-0.1, -0.05) is 54.6 Å². The molecule has 4 aromatic rings. The number of amides is 1. The summed E-state index contributed by atoms with van der Waals surface area (Å²) in [5.74, 6) is -0.959. The summed E-state index contributed by atoms with van der Waals surface area (Å²) in [6.07, 6.45) is 1.49. The van der Waals surface area contributed by atoms with Crippen LogP contribution in [0.2, 0.25) is 0 Å². The summed E-state index contributed by atoms with van der Waals surface area (Å²) in [5, 5.41) is 3.20. The Morgan fingerprint density at radius 1 is 0.933 bits per heavy atom. The van der Waals surface area contributed by atoms with Gasteiger partial charge in [0.25, 0.3) is 0 Å². The number of nitrogens with zero attached hydrogens (tertiary/aromatic N) is 1. The fraction of sp³-hybridized carbons (Fsp3) is 0.0870. The van der Waals surface area contributed by atoms with E-state index in [1.54, 1.807) is 59.2 Å². The maximum absolute atomic E-state index is 13.3. The molecule has 1 aromatic heterocycles. The second-order valence-electron chi connectivity index (χ2n) is 6.94. The van der Waals surface area contributed by atoms with Crippen molar-refractivity contribution in [3.63, 3.8) is 0 Å². The molecule has 0 aliphatic heterocycles. The highest BCUT2D eigenvalue weighted by molar-refractivity contribution is 7.90. The van der Waals surface area contributed by atoms with Crippen LogP contribution in [0.25, 0.3) is 10.9 Å². The third-order valence-corrected chi connectivity index (χ3v) is 6.42. The van der Waals surface area contributed by atoms with Crippen molar-refractivity contribution in [2.24, 2.45) is 0 Å². The maximum atomic E-state index is 13.3. The largest absolute Gasteiger partial charge is 0.337 e. The Kier molecular flexibility index (Phi) is 5.37. The number of fused-ring (bicyclic) bond motifs is 1. The Labute approximate surface area is 173 Å². The van der Waals surface area contributed by atoms with Crippen LogP contribution in [0.1, 0.15) is 5.56 Å². The van der Waals surface area contributed by atoms with E-state index in [-0.39, 0.29) is 23.1 Å². The second-order valence-corrected chi connectivity index (χ2v) is 8.90. The van der Waals surface area contributed by atoms with Gasteiger partial charge in [-0.25, -0.2) is 12.8 Å². The lowest BCUT2D eigenvalue weighted by Gasteiger charge is -2.07. The first-order chi connectivity index (χ1) is 14.4. The van der Waals surface area contributed by atoms with Crippen molar-refractivity contribution in [1.29, 1.82) is 0 Å². The van der Waals surface area contributed by atoms with Crippen molar-refractivity contribution in [3.05, 3.63) is 96.4 Å². The summed E-state index contributed by atoms with van der Waals surface area (Å²) in [5.41, 5.74) is 1.67. The average Bonchev–Trinajstić information content (AvgIpc) is 3.08. The van der Waals surface area contributed by atoms with Gasteiger partial charge in [0, 0.05) is 22.8 Å². The van der Waals surface area contributed by atoms with Crippen molar-refractivity contribution in [1.82, 2.24) is 4.57 Å². The summed E-state index contributed by atoms with van der Waals surface area (Å²) in [7, 11) is -3.62. The summed E-state index contributed by atoms with van der Waals surface area (Å²) < 4.78 is 41.1. The molecule has 0 spiro atoms. The van der Waals surface area contributed by atoms with Crippen LogP contribution in [0.5, 0.6) is 0 Å². The van der Waals surface area contributed by atoms with Gasteiger partial charge in [-0.3, -0.25) is 4.79 Å². The molecule has 0 atom stereocenters. The van der Waals surface area contributed by atoms with Crippen LogP contribution in [0.4, 0.5) is 10.1 Å². The molecule has 3 aromatic carbocycles. The number of benzene rings is 3. The molecule has 7 heteroatoms. The topological polar surface area (TPSA) is 68.2 Å². The Hall–Kier alpha value is -3.45. The Morgan fingerprint density at radius 2 is 1.67 bits per heavy atom. The predicted molar refractivity (Wildman–Crippen MR) is 114 cm³/mol. The lowest BCUT2D eigenvalue weighted by Crippen LogP contribution is -2.18. The van der Waals surface area contributed by atoms with E-state index < -0.39 is 15.7 Å². The van der Waals surface area contributed by atoms with E-state index in [0.717, 1.165) is 0 Å². The van der Waals surface area contributed by atoms with Crippen molar-refractivity contribution < 1.29 is 17.6 Å². The zero-order chi connectivity index (χ0) is 21.1. The third kappa shape index (κ3) is 4.26. The van der Waals surface area contributed by atoms with Gasteiger partial charge in [-0.2, -0.15) is 0 Å². The molecule has 0 aliphatic carbocycles. The average molecular weight is 422 g/mol. The lowest BCUT2D eigenvalue weighted by molar-refractivity contribution is -0.116. The number of nitrogens with one attached hydrogen (secondary N) is 1. The van der Waals surface area contributed by atoms with Gasteiger partial charge in [0.05, 0.1) is 10.6 Å². The molecule has 0 bridgehead atoms. The van der Waals surface area contributed by atoms with Gasteiger partial charge in [-0.15, -0.1) is 0 Å². The van der Waals surface area contributed by atoms with Crippen LogP contribution in [-0.2, 0) is 26.9 Å². The number of carbonyl (C=O) groups is 1. The third-order valence-electron chi connectivity index (χ3n) is 4.71. The zero-order valence-electron chi connectivity index (χ0n) is 16.0. The van der Waals surface area contributed by atoms with Crippen LogP contribution in [0.15, 0.2) is 90.0 Å². The number of rotatable bonds is 6. The molecule has 1 heterocycles. The van der Waals surface area contributed by atoms with E-state index in [2.05, 4.69) is 5.32 Å². The number of aromatic nitrogens is 1. The fourth-order valence-corrected chi connectivity index (χ4v) is 4.97. The highest BCUT2D eigenvalue weighted by atomic mass is 32.2. The Morgan fingerprint density at radius 3 is 2.43 bits per heavy atom. The smallest absolute Gasteiger partial charge is 0.244 e. The first-order valence-corrected chi connectivity index (χ1v) is 11.0. The molecule has 5 nitrogen and oxygen atoms in total. The van der Waals surface area contributed by atoms with Crippen LogP contribution in [0.3, 0.4) is 0 Å². The standard InChI is InChI=1S/C23H19FN2O3S/c24-18-9-6-10-19(13-18)25-23(27)15-26-14-22(20-11-4-5-12-21(20)26)30(28,29)16-17-7-2-1-3-8-17/h1-14H,15-16H2,(H,25,27). The number of hydrogen-bond acceptors (Lipinski definition) is 3. The number of anilines is 1. The quantitative estimate of drug-likeness (QED) is 0.501. The van der Waals surface area contributed by atoms with E-state index in [1.165, 1.54) is 24.4 Å². The van der Waals surface area contributed by atoms with E-state index in [0.29, 0.717) is 22.2 Å². The maximum Gasteiger partial charge on any atom is 0.244 e. The lowest BCUT2D eigenvalue weighted by atomic mass is 10.2. The number of sulfone groups is 1. The molecule has 0 saturated heterocycles. The number of hydrogen-bond donors (Lipinski definition) is 1. The Balaban J connectivity index is 1.64. The molecule has 1 amide bonds. The second kappa shape index (κ2) is 8.12. The molecule has 152 valence electrons. The van der Waals surface area contributed by atoms with Crippen LogP contribution in [-0.4, -0.2) is 18.9 Å². The summed E-state index contributed by atoms with van der Waals surface area (Å²) in [4.78, 5) is 12.7. The van der Waals surface area contributed by atoms with Crippen molar-refractivity contribution in [3.8, 4) is 0 Å². The van der Waals surface area contributed by atoms with Crippen LogP contribution >= 0.6 is 0 Å². The molecule has 0 saturated carbocycles. The normalized spacial score (nSPS) is 11.5. The van der Waals surface area contributed by atoms with Gasteiger partial charge in [-0.05, 0) is 29.8 Å². The summed E-state index contributed by atoms with van der Waals surface area (Å²) in [6.45, 7) is -0.0993. The van der Waals surface area contributed by atoms with Gasteiger partial charge in [0.2, 0.25) is 5.91 Å². The van der Waals surface area contributed by atoms with Gasteiger partial charge < -0.3 is 9.88 Å². The molecule has 1 N–H and O–H groups in total. The summed E-state index contributed by atoms with van der Waals surface area (Å²) >= 11 is 0. The van der Waals surface area contributed by atoms with Gasteiger partial charge >= 0.3 is 0 Å². The van der Waals surface area contributed by atoms with Gasteiger partial charge in [0.15, 0.2) is 9.84 Å². The molecule has 4 rings (SSSR count). The molecule has 0 fully saturated rings. The van der Waals surface area contributed by atoms with Crippen LogP contribution in [0, 0.1) is 5.82 Å². The van der Waals surface area contributed by atoms with Crippen LogP contribution < -0.4 is 5.32 Å². The first kappa shape index (κ1) is 19.8. The number of para-hydroxylation sites is 1. The van der Waals surface area contributed by atoms with E-state index in [1.807, 2.05) is 6.07 Å². The zero-order valence-corrected chi connectivity index (χ0v) is 16.8. The minimum absolute atomic E-state index is 0.0993. The SMILES string of the molecule is O=C(Cn1cc(S(=O)(=O)Cc2ccccc2)c2ccccc21)Nc1cccc(F)c1. The van der Waals surface area contributed by atoms with E-state index >= 15 is 0 Å². The minimum atomic E-state index is -3.62. The highest BCUT2D eigenvalue weighted by Gasteiger charge is 2.22. The van der Waals surface area contributed by atoms with Crippen molar-refractivity contribution >= 4 is 32.3 Å². The number of halogens is 1. The molecule has 30 heavy (non-hydrogen) atoms. The van der Waals surface area contributed by atoms with Gasteiger partial charge in [0.1, 0.15) is 12.4 Å². The van der Waals surface area contributed by atoms with E-state index in [4.69, 9.17) is 0 Å². The molecular formula is C23H19FN2O3S. The number of carbonyl (C=O) groups excluding carboxylic acids is 1. The highest BCUT2D eigenvalue weighted by Crippen LogP contribution is 2.28. The minimum Gasteiger partial charge on any atom is -0.337 e. The molecule has 0 aliphatic rings.